The van der Waals surface area contributed by atoms with Gasteiger partial charge in [-0.3, -0.25) is 20.4 Å². The number of phenolic OH excluding ortho intramolecular Hbond substituents is 1. The zero-order valence-corrected chi connectivity index (χ0v) is 16.5. The van der Waals surface area contributed by atoms with Gasteiger partial charge in [0.25, 0.3) is 11.8 Å². The number of carbonyl (C=O) groups is 2. The van der Waals surface area contributed by atoms with Gasteiger partial charge in [-0.1, -0.05) is 48.5 Å². The molecule has 0 fully saturated rings. The number of methoxy groups -OCH3 is 1. The Hall–Kier alpha value is -4.00. The third-order valence-electron chi connectivity index (χ3n) is 4.42. The fourth-order valence-electron chi connectivity index (χ4n) is 2.91. The number of hydrogen-bond acceptors (Lipinski definition) is 5. The summed E-state index contributed by atoms with van der Waals surface area (Å²) >= 11 is 0. The summed E-state index contributed by atoms with van der Waals surface area (Å²) in [7, 11) is 1.54. The molecular formula is C23H23N3O4. The molecule has 0 aliphatic heterocycles. The van der Waals surface area contributed by atoms with Crippen LogP contribution < -0.4 is 20.9 Å². The molecule has 3 rings (SSSR count). The molecule has 0 aromatic heterocycles. The smallest absolute Gasteiger partial charge is 0.273 e. The minimum Gasteiger partial charge on any atom is -0.507 e. The van der Waals surface area contributed by atoms with E-state index in [0.29, 0.717) is 17.9 Å². The standard InChI is InChI=1S/C23H23N3O4/c1-30-21-10-6-5-9-19(21)24-15-22(28)25-26-23(29)18-14-17(11-12-20(18)27)13-16-7-3-2-4-8-16/h2-12,14,24,27H,13,15H2,1H3,(H,25,28)(H,26,29). The van der Waals surface area contributed by atoms with E-state index in [1.54, 1.807) is 31.4 Å². The van der Waals surface area contributed by atoms with E-state index in [4.69, 9.17) is 4.74 Å². The van der Waals surface area contributed by atoms with Crippen molar-refractivity contribution >= 4 is 17.5 Å². The largest absolute Gasteiger partial charge is 0.507 e. The van der Waals surface area contributed by atoms with Crippen LogP contribution in [-0.4, -0.2) is 30.6 Å². The summed E-state index contributed by atoms with van der Waals surface area (Å²) < 4.78 is 5.21. The third kappa shape index (κ3) is 5.51. The summed E-state index contributed by atoms with van der Waals surface area (Å²) in [6.07, 6.45) is 0.622. The minimum absolute atomic E-state index is 0.0688. The van der Waals surface area contributed by atoms with Gasteiger partial charge in [0, 0.05) is 0 Å². The molecule has 0 spiro atoms. The summed E-state index contributed by atoms with van der Waals surface area (Å²) in [6.45, 7) is -0.0688. The van der Waals surface area contributed by atoms with Gasteiger partial charge < -0.3 is 15.2 Å². The Kier molecular flexibility index (Phi) is 6.89. The van der Waals surface area contributed by atoms with E-state index in [1.807, 2.05) is 42.5 Å². The molecule has 3 aromatic carbocycles. The molecule has 4 N–H and O–H groups in total. The van der Waals surface area contributed by atoms with Crippen molar-refractivity contribution < 1.29 is 19.4 Å². The van der Waals surface area contributed by atoms with E-state index < -0.39 is 11.8 Å². The number of nitrogens with one attached hydrogen (secondary N) is 3. The van der Waals surface area contributed by atoms with Gasteiger partial charge in [-0.05, 0) is 41.8 Å². The number of benzene rings is 3. The fourth-order valence-corrected chi connectivity index (χ4v) is 2.91. The maximum Gasteiger partial charge on any atom is 0.273 e. The second-order valence-corrected chi connectivity index (χ2v) is 6.57. The van der Waals surface area contributed by atoms with Crippen molar-refractivity contribution in [2.24, 2.45) is 0 Å². The van der Waals surface area contributed by atoms with Crippen molar-refractivity contribution in [3.8, 4) is 11.5 Å². The predicted molar refractivity (Wildman–Crippen MR) is 114 cm³/mol. The van der Waals surface area contributed by atoms with Crippen molar-refractivity contribution in [1.82, 2.24) is 10.9 Å². The Morgan fingerprint density at radius 1 is 0.900 bits per heavy atom. The molecule has 0 saturated heterocycles. The van der Waals surface area contributed by atoms with Gasteiger partial charge >= 0.3 is 0 Å². The summed E-state index contributed by atoms with van der Waals surface area (Å²) in [5, 5.41) is 13.0. The molecule has 0 bridgehead atoms. The molecule has 0 saturated carbocycles. The van der Waals surface area contributed by atoms with Crippen LogP contribution in [0.2, 0.25) is 0 Å². The van der Waals surface area contributed by atoms with E-state index in [9.17, 15) is 14.7 Å². The molecule has 7 heteroatoms. The molecule has 0 aliphatic carbocycles. The Balaban J connectivity index is 1.56. The lowest BCUT2D eigenvalue weighted by molar-refractivity contribution is -0.120. The average molecular weight is 405 g/mol. The number of hydrogen-bond donors (Lipinski definition) is 4. The molecule has 154 valence electrons. The number of aromatic hydroxyl groups is 1. The topological polar surface area (TPSA) is 99.7 Å². The quantitative estimate of drug-likeness (QED) is 0.453. The zero-order chi connectivity index (χ0) is 21.3. The highest BCUT2D eigenvalue weighted by Crippen LogP contribution is 2.22. The Bertz CT molecular complexity index is 1020. The van der Waals surface area contributed by atoms with Gasteiger partial charge in [-0.2, -0.15) is 0 Å². The highest BCUT2D eigenvalue weighted by atomic mass is 16.5. The molecule has 0 unspecified atom stereocenters. The number of anilines is 1. The van der Waals surface area contributed by atoms with E-state index in [2.05, 4.69) is 16.2 Å². The maximum absolute atomic E-state index is 12.4. The Morgan fingerprint density at radius 3 is 2.40 bits per heavy atom. The molecule has 0 atom stereocenters. The summed E-state index contributed by atoms with van der Waals surface area (Å²) in [4.78, 5) is 24.5. The number of rotatable bonds is 7. The first kappa shape index (κ1) is 20.7. The van der Waals surface area contributed by atoms with Crippen LogP contribution in [-0.2, 0) is 11.2 Å². The minimum atomic E-state index is -0.604. The van der Waals surface area contributed by atoms with Crippen molar-refractivity contribution in [1.29, 1.82) is 0 Å². The lowest BCUT2D eigenvalue weighted by Crippen LogP contribution is -2.44. The maximum atomic E-state index is 12.4. The highest BCUT2D eigenvalue weighted by molar-refractivity contribution is 5.98. The summed E-state index contributed by atoms with van der Waals surface area (Å²) in [5.74, 6) is -0.609. The first-order valence-corrected chi connectivity index (χ1v) is 9.38. The van der Waals surface area contributed by atoms with Gasteiger partial charge in [-0.25, -0.2) is 0 Å². The van der Waals surface area contributed by atoms with E-state index in [-0.39, 0.29) is 17.9 Å². The highest BCUT2D eigenvalue weighted by Gasteiger charge is 2.13. The molecule has 2 amide bonds. The molecule has 3 aromatic rings. The third-order valence-corrected chi connectivity index (χ3v) is 4.42. The second kappa shape index (κ2) is 9.97. The lowest BCUT2D eigenvalue weighted by atomic mass is 10.0. The number of ether oxygens (including phenoxy) is 1. The van der Waals surface area contributed by atoms with E-state index in [1.165, 1.54) is 6.07 Å². The van der Waals surface area contributed by atoms with Crippen LogP contribution in [0.4, 0.5) is 5.69 Å². The van der Waals surface area contributed by atoms with Crippen LogP contribution >= 0.6 is 0 Å². The number of amides is 2. The van der Waals surface area contributed by atoms with Gasteiger partial charge in [-0.15, -0.1) is 0 Å². The Morgan fingerprint density at radius 2 is 1.63 bits per heavy atom. The zero-order valence-electron chi connectivity index (χ0n) is 16.5. The van der Waals surface area contributed by atoms with Gasteiger partial charge in [0.2, 0.25) is 0 Å². The van der Waals surface area contributed by atoms with E-state index >= 15 is 0 Å². The summed E-state index contributed by atoms with van der Waals surface area (Å²) in [5.41, 5.74) is 7.36. The molecule has 0 radical (unpaired) electrons. The van der Waals surface area contributed by atoms with Crippen LogP contribution in [0.5, 0.6) is 11.5 Å². The molecule has 0 aliphatic rings. The first-order valence-electron chi connectivity index (χ1n) is 9.38. The summed E-state index contributed by atoms with van der Waals surface area (Å²) in [6, 6.07) is 21.8. The number of carbonyl (C=O) groups excluding carboxylic acids is 2. The molecule has 0 heterocycles. The lowest BCUT2D eigenvalue weighted by Gasteiger charge is -2.12. The first-order chi connectivity index (χ1) is 14.6. The van der Waals surface area contributed by atoms with Gasteiger partial charge in [0.05, 0.1) is 24.9 Å². The van der Waals surface area contributed by atoms with Crippen molar-refractivity contribution in [2.75, 3.05) is 19.0 Å². The van der Waals surface area contributed by atoms with Crippen LogP contribution in [0, 0.1) is 0 Å². The monoisotopic (exact) mass is 405 g/mol. The van der Waals surface area contributed by atoms with Gasteiger partial charge in [0.15, 0.2) is 0 Å². The average Bonchev–Trinajstić information content (AvgIpc) is 2.78. The SMILES string of the molecule is COc1ccccc1NCC(=O)NNC(=O)c1cc(Cc2ccccc2)ccc1O. The Labute approximate surface area is 174 Å². The van der Waals surface area contributed by atoms with Crippen molar-refractivity contribution in [3.05, 3.63) is 89.5 Å². The fraction of sp³-hybridized carbons (Fsp3) is 0.130. The van der Waals surface area contributed by atoms with E-state index in [0.717, 1.165) is 11.1 Å². The molecule has 30 heavy (non-hydrogen) atoms. The number of para-hydroxylation sites is 2. The normalized spacial score (nSPS) is 10.2. The van der Waals surface area contributed by atoms with Crippen LogP contribution in [0.15, 0.2) is 72.8 Å². The van der Waals surface area contributed by atoms with Crippen molar-refractivity contribution in [2.45, 2.75) is 6.42 Å². The van der Waals surface area contributed by atoms with Crippen molar-refractivity contribution in [3.63, 3.8) is 0 Å². The number of hydrazine groups is 1. The van der Waals surface area contributed by atoms with Crippen LogP contribution in [0.25, 0.3) is 0 Å². The van der Waals surface area contributed by atoms with Crippen LogP contribution in [0.1, 0.15) is 21.5 Å². The second-order valence-electron chi connectivity index (χ2n) is 6.57. The van der Waals surface area contributed by atoms with Crippen LogP contribution in [0.3, 0.4) is 0 Å². The predicted octanol–water partition coefficient (Wildman–Crippen LogP) is 2.86. The molecule has 7 nitrogen and oxygen atoms in total. The molecular weight excluding hydrogens is 382 g/mol. The number of phenols is 1. The van der Waals surface area contributed by atoms with Gasteiger partial charge in [0.1, 0.15) is 11.5 Å².